The number of carbonyl (C=O) groups is 2. The highest BCUT2D eigenvalue weighted by atomic mass is 16.5. The molecule has 1 rings (SSSR count). The van der Waals surface area contributed by atoms with E-state index in [4.69, 9.17) is 0 Å². The molecule has 3 heteroatoms. The molecule has 1 atom stereocenters. The van der Waals surface area contributed by atoms with E-state index < -0.39 is 11.9 Å². The normalized spacial score (nSPS) is 19.1. The Morgan fingerprint density at radius 1 is 1.45 bits per heavy atom. The molecule has 0 aromatic rings. The highest BCUT2D eigenvalue weighted by Gasteiger charge is 2.36. The van der Waals surface area contributed by atoms with E-state index in [1.54, 1.807) is 6.92 Å². The maximum absolute atomic E-state index is 11.2. The van der Waals surface area contributed by atoms with Crippen LogP contribution in [0.2, 0.25) is 0 Å². The smallest absolute Gasteiger partial charge is 0.315 e. The molecule has 1 saturated carbocycles. The zero-order valence-electron chi connectivity index (χ0n) is 6.79. The van der Waals surface area contributed by atoms with Crippen molar-refractivity contribution in [3.63, 3.8) is 0 Å². The zero-order valence-corrected chi connectivity index (χ0v) is 6.79. The van der Waals surface area contributed by atoms with Gasteiger partial charge in [0.05, 0.1) is 7.11 Å². The van der Waals surface area contributed by atoms with Crippen molar-refractivity contribution in [2.24, 2.45) is 11.8 Å². The fourth-order valence-corrected chi connectivity index (χ4v) is 1.01. The number of hydrogen-bond acceptors (Lipinski definition) is 3. The first kappa shape index (κ1) is 8.24. The minimum absolute atomic E-state index is 0.0388. The van der Waals surface area contributed by atoms with Crippen LogP contribution in [0.4, 0.5) is 0 Å². The second kappa shape index (κ2) is 3.03. The Labute approximate surface area is 65.7 Å². The van der Waals surface area contributed by atoms with Gasteiger partial charge in [0.15, 0.2) is 0 Å². The van der Waals surface area contributed by atoms with Gasteiger partial charge in [0, 0.05) is 5.92 Å². The first-order chi connectivity index (χ1) is 5.16. The summed E-state index contributed by atoms with van der Waals surface area (Å²) in [7, 11) is 1.30. The van der Waals surface area contributed by atoms with E-state index in [0.717, 1.165) is 12.8 Å². The Bertz CT molecular complexity index is 182. The number of carbonyl (C=O) groups excluding carboxylic acids is 2. The van der Waals surface area contributed by atoms with Crippen LogP contribution in [-0.2, 0) is 14.3 Å². The van der Waals surface area contributed by atoms with E-state index in [1.807, 2.05) is 0 Å². The lowest BCUT2D eigenvalue weighted by Crippen LogP contribution is -2.23. The lowest BCUT2D eigenvalue weighted by atomic mass is 10.0. The fraction of sp³-hybridized carbons (Fsp3) is 0.750. The summed E-state index contributed by atoms with van der Waals surface area (Å²) in [5, 5.41) is 0. The molecule has 0 saturated heterocycles. The molecular weight excluding hydrogens is 144 g/mol. The van der Waals surface area contributed by atoms with E-state index >= 15 is 0 Å². The molecule has 3 nitrogen and oxygen atoms in total. The number of Topliss-reactive ketones (excluding diaryl/α,β-unsaturated/α-hetero) is 1. The summed E-state index contributed by atoms with van der Waals surface area (Å²) in [6, 6.07) is 0. The Kier molecular flexibility index (Phi) is 2.27. The average Bonchev–Trinajstić information content (AvgIpc) is 2.82. The number of hydrogen-bond donors (Lipinski definition) is 0. The van der Waals surface area contributed by atoms with Crippen LogP contribution >= 0.6 is 0 Å². The number of esters is 1. The van der Waals surface area contributed by atoms with Crippen LogP contribution in [0.3, 0.4) is 0 Å². The maximum atomic E-state index is 11.2. The SMILES string of the molecule is COC(=O)[C@H](C)C(=O)C1CC1. The highest BCUT2D eigenvalue weighted by Crippen LogP contribution is 2.32. The van der Waals surface area contributed by atoms with Crippen molar-refractivity contribution < 1.29 is 14.3 Å². The van der Waals surface area contributed by atoms with Gasteiger partial charge in [-0.1, -0.05) is 0 Å². The van der Waals surface area contributed by atoms with Crippen molar-refractivity contribution in [2.75, 3.05) is 7.11 Å². The monoisotopic (exact) mass is 156 g/mol. The van der Waals surface area contributed by atoms with Crippen molar-refractivity contribution in [3.05, 3.63) is 0 Å². The van der Waals surface area contributed by atoms with E-state index in [-0.39, 0.29) is 11.7 Å². The maximum Gasteiger partial charge on any atom is 0.315 e. The van der Waals surface area contributed by atoms with Crippen molar-refractivity contribution in [1.29, 1.82) is 0 Å². The lowest BCUT2D eigenvalue weighted by Gasteiger charge is -2.05. The topological polar surface area (TPSA) is 43.4 Å². The minimum atomic E-state index is -0.563. The van der Waals surface area contributed by atoms with Gasteiger partial charge in [-0.15, -0.1) is 0 Å². The summed E-state index contributed by atoms with van der Waals surface area (Å²) in [5.41, 5.74) is 0. The molecule has 0 aromatic carbocycles. The van der Waals surface area contributed by atoms with E-state index in [9.17, 15) is 9.59 Å². The van der Waals surface area contributed by atoms with Gasteiger partial charge in [0.1, 0.15) is 11.7 Å². The third-order valence-corrected chi connectivity index (χ3v) is 1.96. The molecule has 0 unspecified atom stereocenters. The number of ketones is 1. The van der Waals surface area contributed by atoms with E-state index in [0.29, 0.717) is 0 Å². The molecule has 0 heterocycles. The molecule has 0 radical (unpaired) electrons. The van der Waals surface area contributed by atoms with Crippen LogP contribution < -0.4 is 0 Å². The molecule has 0 aromatic heterocycles. The molecule has 11 heavy (non-hydrogen) atoms. The summed E-state index contributed by atoms with van der Waals surface area (Å²) >= 11 is 0. The first-order valence-corrected chi connectivity index (χ1v) is 3.78. The highest BCUT2D eigenvalue weighted by molar-refractivity contribution is 6.00. The van der Waals surface area contributed by atoms with Crippen molar-refractivity contribution in [3.8, 4) is 0 Å². The van der Waals surface area contributed by atoms with E-state index in [1.165, 1.54) is 7.11 Å². The van der Waals surface area contributed by atoms with Gasteiger partial charge in [0.2, 0.25) is 0 Å². The minimum Gasteiger partial charge on any atom is -0.468 e. The van der Waals surface area contributed by atoms with Gasteiger partial charge in [-0.05, 0) is 19.8 Å². The van der Waals surface area contributed by atoms with Gasteiger partial charge < -0.3 is 4.74 Å². The molecule has 0 N–H and O–H groups in total. The number of ether oxygens (including phenoxy) is 1. The predicted octanol–water partition coefficient (Wildman–Crippen LogP) is 0.775. The zero-order chi connectivity index (χ0) is 8.43. The Hall–Kier alpha value is -0.860. The fourth-order valence-electron chi connectivity index (χ4n) is 1.01. The molecule has 1 aliphatic rings. The predicted molar refractivity (Wildman–Crippen MR) is 38.9 cm³/mol. The molecule has 1 fully saturated rings. The largest absolute Gasteiger partial charge is 0.468 e. The van der Waals surface area contributed by atoms with Crippen molar-refractivity contribution in [2.45, 2.75) is 19.8 Å². The van der Waals surface area contributed by atoms with Gasteiger partial charge in [0.25, 0.3) is 0 Å². The van der Waals surface area contributed by atoms with Gasteiger partial charge in [-0.2, -0.15) is 0 Å². The van der Waals surface area contributed by atoms with Crippen molar-refractivity contribution in [1.82, 2.24) is 0 Å². The van der Waals surface area contributed by atoms with Crippen LogP contribution in [0.1, 0.15) is 19.8 Å². The summed E-state index contributed by atoms with van der Waals surface area (Å²) < 4.78 is 4.45. The van der Waals surface area contributed by atoms with Gasteiger partial charge in [-0.3, -0.25) is 9.59 Å². The second-order valence-electron chi connectivity index (χ2n) is 2.92. The molecule has 0 spiro atoms. The Morgan fingerprint density at radius 3 is 2.36 bits per heavy atom. The third kappa shape index (κ3) is 1.79. The summed E-state index contributed by atoms with van der Waals surface area (Å²) in [5.74, 6) is -0.796. The molecule has 0 aliphatic heterocycles. The first-order valence-electron chi connectivity index (χ1n) is 3.78. The standard InChI is InChI=1S/C8H12O3/c1-5(8(10)11-2)7(9)6-3-4-6/h5-6H,3-4H2,1-2H3/t5-/m1/s1. The average molecular weight is 156 g/mol. The molecule has 0 bridgehead atoms. The van der Waals surface area contributed by atoms with Crippen LogP contribution in [0.5, 0.6) is 0 Å². The summed E-state index contributed by atoms with van der Waals surface area (Å²) in [6.07, 6.45) is 1.89. The van der Waals surface area contributed by atoms with Crippen LogP contribution in [-0.4, -0.2) is 18.9 Å². The van der Waals surface area contributed by atoms with E-state index in [2.05, 4.69) is 4.74 Å². The number of rotatable bonds is 3. The van der Waals surface area contributed by atoms with Gasteiger partial charge in [-0.25, -0.2) is 0 Å². The third-order valence-electron chi connectivity index (χ3n) is 1.96. The molecular formula is C8H12O3. The molecule has 62 valence electrons. The summed E-state index contributed by atoms with van der Waals surface area (Å²) in [6.45, 7) is 1.60. The quantitative estimate of drug-likeness (QED) is 0.448. The second-order valence-corrected chi connectivity index (χ2v) is 2.92. The van der Waals surface area contributed by atoms with Gasteiger partial charge >= 0.3 is 5.97 Å². The lowest BCUT2D eigenvalue weighted by molar-refractivity contribution is -0.148. The number of methoxy groups -OCH3 is 1. The van der Waals surface area contributed by atoms with Crippen LogP contribution in [0.15, 0.2) is 0 Å². The summed E-state index contributed by atoms with van der Waals surface area (Å²) in [4.78, 5) is 22.0. The van der Waals surface area contributed by atoms with Crippen molar-refractivity contribution >= 4 is 11.8 Å². The Balaban J connectivity index is 2.44. The molecule has 0 amide bonds. The van der Waals surface area contributed by atoms with Crippen LogP contribution in [0.25, 0.3) is 0 Å². The molecule has 1 aliphatic carbocycles. The Morgan fingerprint density at radius 2 is 2.00 bits per heavy atom. The van der Waals surface area contributed by atoms with Crippen LogP contribution in [0, 0.1) is 11.8 Å².